The first-order chi connectivity index (χ1) is 13.7. The van der Waals surface area contributed by atoms with Crippen LogP contribution in [0, 0.1) is 10.1 Å². The number of hydrogen-bond acceptors (Lipinski definition) is 7. The Hall–Kier alpha value is -3.10. The van der Waals surface area contributed by atoms with Crippen molar-refractivity contribution in [2.75, 3.05) is 12.4 Å². The molecule has 9 nitrogen and oxygen atoms in total. The van der Waals surface area contributed by atoms with E-state index in [0.717, 1.165) is 24.4 Å². The number of nitrogens with zero attached hydrogens (tertiary/aromatic N) is 3. The van der Waals surface area contributed by atoms with Crippen LogP contribution in [0.4, 0.5) is 16.3 Å². The quantitative estimate of drug-likeness (QED) is 0.341. The van der Waals surface area contributed by atoms with E-state index in [1.165, 1.54) is 24.3 Å². The molecule has 29 heavy (non-hydrogen) atoms. The number of nitro benzene ring substituents is 1. The Bertz CT molecular complexity index is 885. The van der Waals surface area contributed by atoms with Crippen LogP contribution >= 0.6 is 0 Å². The Morgan fingerprint density at radius 1 is 1.28 bits per heavy atom. The molecule has 0 aliphatic heterocycles. The minimum absolute atomic E-state index is 0.0695. The third-order valence-electron chi connectivity index (χ3n) is 4.93. The number of nitro groups is 1. The van der Waals surface area contributed by atoms with Crippen molar-refractivity contribution in [3.63, 3.8) is 0 Å². The second-order valence-electron chi connectivity index (χ2n) is 8.14. The summed E-state index contributed by atoms with van der Waals surface area (Å²) in [7, 11) is 1.87. The molecule has 0 spiro atoms. The molecule has 1 aromatic heterocycles. The molecular formula is C20H26N4O5. The summed E-state index contributed by atoms with van der Waals surface area (Å²) in [5.74, 6) is 1.37. The van der Waals surface area contributed by atoms with Gasteiger partial charge >= 0.3 is 6.16 Å². The number of anilines is 1. The van der Waals surface area contributed by atoms with Crippen LogP contribution in [0.2, 0.25) is 0 Å². The Morgan fingerprint density at radius 2 is 1.97 bits per heavy atom. The van der Waals surface area contributed by atoms with Gasteiger partial charge < -0.3 is 14.8 Å². The van der Waals surface area contributed by atoms with E-state index in [0.29, 0.717) is 6.42 Å². The summed E-state index contributed by atoms with van der Waals surface area (Å²) in [5.41, 5.74) is 0.777. The number of carbonyl (C=O) groups excluding carboxylic acids is 1. The Labute approximate surface area is 169 Å². The highest BCUT2D eigenvalue weighted by Gasteiger charge is 2.32. The lowest BCUT2D eigenvalue weighted by Crippen LogP contribution is -2.24. The summed E-state index contributed by atoms with van der Waals surface area (Å²) < 4.78 is 12.5. The summed E-state index contributed by atoms with van der Waals surface area (Å²) >= 11 is 0. The van der Waals surface area contributed by atoms with E-state index in [4.69, 9.17) is 14.6 Å². The Balaban J connectivity index is 1.58. The van der Waals surface area contributed by atoms with Gasteiger partial charge in [-0.05, 0) is 52.2 Å². The molecule has 9 heteroatoms. The number of rotatable bonds is 5. The molecule has 1 aromatic carbocycles. The molecule has 0 saturated heterocycles. The van der Waals surface area contributed by atoms with Crippen LogP contribution in [0.5, 0.6) is 5.75 Å². The fraction of sp³-hybridized carbons (Fsp3) is 0.500. The standard InChI is InChI=1S/C20H26N4O5/c1-20(2,3)23-18(21-4)12-17(22-23)13-5-8-16(11-13)29-19(25)28-15-9-6-14(7-10-15)24(26)27/h6-7,9-10,12-13,16,21H,5,8,11H2,1-4H3. The molecule has 1 heterocycles. The van der Waals surface area contributed by atoms with E-state index in [1.54, 1.807) is 0 Å². The number of nitrogens with one attached hydrogen (secondary N) is 1. The van der Waals surface area contributed by atoms with Crippen molar-refractivity contribution in [3.8, 4) is 5.75 Å². The van der Waals surface area contributed by atoms with Crippen LogP contribution in [-0.2, 0) is 10.3 Å². The van der Waals surface area contributed by atoms with E-state index < -0.39 is 11.1 Å². The van der Waals surface area contributed by atoms with Gasteiger partial charge in [-0.3, -0.25) is 10.1 Å². The molecule has 1 aliphatic carbocycles. The molecule has 2 atom stereocenters. The van der Waals surface area contributed by atoms with Crippen molar-refractivity contribution in [2.24, 2.45) is 0 Å². The van der Waals surface area contributed by atoms with E-state index in [-0.39, 0.29) is 29.0 Å². The van der Waals surface area contributed by atoms with Crippen LogP contribution in [0.1, 0.15) is 51.6 Å². The molecule has 1 fully saturated rings. The SMILES string of the molecule is CNc1cc(C2CCC(OC(=O)Oc3ccc([N+](=O)[O-])cc3)C2)nn1C(C)(C)C. The van der Waals surface area contributed by atoms with E-state index in [2.05, 4.69) is 26.1 Å². The van der Waals surface area contributed by atoms with Gasteiger partial charge in [0.15, 0.2) is 0 Å². The molecular weight excluding hydrogens is 376 g/mol. The zero-order valence-electron chi connectivity index (χ0n) is 17.0. The van der Waals surface area contributed by atoms with Crippen molar-refractivity contribution in [1.82, 2.24) is 9.78 Å². The molecule has 2 unspecified atom stereocenters. The fourth-order valence-corrected chi connectivity index (χ4v) is 3.50. The van der Waals surface area contributed by atoms with Gasteiger partial charge in [0.05, 0.1) is 16.2 Å². The van der Waals surface area contributed by atoms with Crippen molar-refractivity contribution in [1.29, 1.82) is 0 Å². The van der Waals surface area contributed by atoms with Crippen molar-refractivity contribution < 1.29 is 19.2 Å². The van der Waals surface area contributed by atoms with Gasteiger partial charge in [0.25, 0.3) is 5.69 Å². The summed E-state index contributed by atoms with van der Waals surface area (Å²) in [6, 6.07) is 7.34. The molecule has 156 valence electrons. The van der Waals surface area contributed by atoms with E-state index in [1.807, 2.05) is 17.8 Å². The third kappa shape index (κ3) is 4.85. The monoisotopic (exact) mass is 402 g/mol. The lowest BCUT2D eigenvalue weighted by atomic mass is 10.0. The minimum Gasteiger partial charge on any atom is -0.431 e. The van der Waals surface area contributed by atoms with Gasteiger partial charge in [-0.25, -0.2) is 9.48 Å². The second kappa shape index (κ2) is 8.10. The van der Waals surface area contributed by atoms with Crippen LogP contribution in [-0.4, -0.2) is 34.0 Å². The molecule has 3 rings (SSSR count). The van der Waals surface area contributed by atoms with E-state index in [9.17, 15) is 14.9 Å². The van der Waals surface area contributed by atoms with Crippen molar-refractivity contribution in [3.05, 3.63) is 46.1 Å². The number of benzene rings is 1. The Morgan fingerprint density at radius 3 is 2.52 bits per heavy atom. The highest BCUT2D eigenvalue weighted by atomic mass is 16.7. The highest BCUT2D eigenvalue weighted by Crippen LogP contribution is 2.37. The molecule has 1 N–H and O–H groups in total. The first kappa shape index (κ1) is 20.6. The average Bonchev–Trinajstić information content (AvgIpc) is 3.28. The maximum Gasteiger partial charge on any atom is 0.514 e. The van der Waals surface area contributed by atoms with Crippen LogP contribution in [0.15, 0.2) is 30.3 Å². The summed E-state index contributed by atoms with van der Waals surface area (Å²) in [6.07, 6.45) is 1.24. The summed E-state index contributed by atoms with van der Waals surface area (Å²) in [6.45, 7) is 6.29. The molecule has 1 saturated carbocycles. The van der Waals surface area contributed by atoms with Gasteiger partial charge in [-0.1, -0.05) is 0 Å². The summed E-state index contributed by atoms with van der Waals surface area (Å²) in [5, 5.41) is 18.6. The van der Waals surface area contributed by atoms with Crippen molar-refractivity contribution in [2.45, 2.75) is 57.6 Å². The predicted molar refractivity (Wildman–Crippen MR) is 107 cm³/mol. The van der Waals surface area contributed by atoms with Crippen LogP contribution < -0.4 is 10.1 Å². The predicted octanol–water partition coefficient (Wildman–Crippen LogP) is 4.44. The first-order valence-electron chi connectivity index (χ1n) is 9.58. The number of hydrogen-bond donors (Lipinski definition) is 1. The summed E-state index contributed by atoms with van der Waals surface area (Å²) in [4.78, 5) is 22.2. The number of aromatic nitrogens is 2. The lowest BCUT2D eigenvalue weighted by Gasteiger charge is -2.22. The number of carbonyl (C=O) groups is 1. The smallest absolute Gasteiger partial charge is 0.431 e. The molecule has 2 aromatic rings. The molecule has 0 amide bonds. The maximum atomic E-state index is 12.1. The zero-order valence-corrected chi connectivity index (χ0v) is 17.0. The normalized spacial score (nSPS) is 19.0. The third-order valence-corrected chi connectivity index (χ3v) is 4.93. The van der Waals surface area contributed by atoms with Crippen LogP contribution in [0.25, 0.3) is 0 Å². The van der Waals surface area contributed by atoms with E-state index >= 15 is 0 Å². The maximum absolute atomic E-state index is 12.1. The number of non-ortho nitro benzene ring substituents is 1. The molecule has 0 radical (unpaired) electrons. The molecule has 0 bridgehead atoms. The second-order valence-corrected chi connectivity index (χ2v) is 8.14. The highest BCUT2D eigenvalue weighted by molar-refractivity contribution is 5.64. The van der Waals surface area contributed by atoms with Gasteiger partial charge in [0.2, 0.25) is 0 Å². The minimum atomic E-state index is -0.805. The molecule has 1 aliphatic rings. The van der Waals surface area contributed by atoms with Gasteiger partial charge in [-0.2, -0.15) is 5.10 Å². The largest absolute Gasteiger partial charge is 0.514 e. The topological polar surface area (TPSA) is 109 Å². The fourth-order valence-electron chi connectivity index (χ4n) is 3.50. The number of ether oxygens (including phenoxy) is 2. The zero-order chi connectivity index (χ0) is 21.2. The Kier molecular flexibility index (Phi) is 5.76. The van der Waals surface area contributed by atoms with Gasteiger partial charge in [0, 0.05) is 31.2 Å². The van der Waals surface area contributed by atoms with Crippen LogP contribution in [0.3, 0.4) is 0 Å². The van der Waals surface area contributed by atoms with Crippen molar-refractivity contribution >= 4 is 17.7 Å². The van der Waals surface area contributed by atoms with Gasteiger partial charge in [0.1, 0.15) is 17.7 Å². The average molecular weight is 402 g/mol. The lowest BCUT2D eigenvalue weighted by molar-refractivity contribution is -0.384. The van der Waals surface area contributed by atoms with Gasteiger partial charge in [-0.15, -0.1) is 0 Å². The first-order valence-corrected chi connectivity index (χ1v) is 9.58.